The van der Waals surface area contributed by atoms with Crippen molar-refractivity contribution in [1.29, 1.82) is 0 Å². The Morgan fingerprint density at radius 1 is 1.52 bits per heavy atom. The van der Waals surface area contributed by atoms with E-state index < -0.39 is 0 Å². The second-order valence-corrected chi connectivity index (χ2v) is 6.58. The molecule has 21 heavy (non-hydrogen) atoms. The highest BCUT2D eigenvalue weighted by Crippen LogP contribution is 2.32. The van der Waals surface area contributed by atoms with E-state index in [4.69, 9.17) is 21.1 Å². The Balaban J connectivity index is 2.10. The number of aromatic nitrogens is 2. The molecule has 1 saturated heterocycles. The molecule has 0 N–H and O–H groups in total. The smallest absolute Gasteiger partial charge is 0.127 e. The van der Waals surface area contributed by atoms with Crippen LogP contribution in [-0.4, -0.2) is 28.9 Å². The van der Waals surface area contributed by atoms with Crippen LogP contribution >= 0.6 is 11.6 Å². The third kappa shape index (κ3) is 2.74. The number of benzene rings is 1. The van der Waals surface area contributed by atoms with Crippen molar-refractivity contribution in [2.24, 2.45) is 0 Å². The van der Waals surface area contributed by atoms with E-state index in [0.717, 1.165) is 48.6 Å². The molecule has 5 heteroatoms. The van der Waals surface area contributed by atoms with Gasteiger partial charge in [0.2, 0.25) is 0 Å². The third-order valence-electron chi connectivity index (χ3n) is 4.13. The summed E-state index contributed by atoms with van der Waals surface area (Å²) in [6, 6.07) is 5.92. The van der Waals surface area contributed by atoms with E-state index in [2.05, 4.69) is 16.5 Å². The Hall–Kier alpha value is -1.26. The Kier molecular flexibility index (Phi) is 3.84. The van der Waals surface area contributed by atoms with Crippen LogP contribution in [0.25, 0.3) is 11.0 Å². The average molecular weight is 309 g/mol. The van der Waals surface area contributed by atoms with E-state index >= 15 is 0 Å². The summed E-state index contributed by atoms with van der Waals surface area (Å²) in [5, 5.41) is -0.145. The van der Waals surface area contributed by atoms with Gasteiger partial charge in [-0.2, -0.15) is 0 Å². The molecule has 1 aromatic heterocycles. The number of alkyl halides is 1. The van der Waals surface area contributed by atoms with Crippen molar-refractivity contribution < 1.29 is 9.47 Å². The van der Waals surface area contributed by atoms with Crippen molar-refractivity contribution in [3.05, 3.63) is 24.0 Å². The minimum atomic E-state index is -0.145. The van der Waals surface area contributed by atoms with Gasteiger partial charge in [0, 0.05) is 12.7 Å². The summed E-state index contributed by atoms with van der Waals surface area (Å²) in [5.74, 6) is 1.71. The van der Waals surface area contributed by atoms with Crippen LogP contribution in [0.5, 0.6) is 5.75 Å². The lowest BCUT2D eigenvalue weighted by Gasteiger charge is -2.25. The van der Waals surface area contributed by atoms with E-state index in [1.54, 1.807) is 7.11 Å². The van der Waals surface area contributed by atoms with Gasteiger partial charge in [-0.1, -0.05) is 0 Å². The molecule has 1 aliphatic heterocycles. The fourth-order valence-corrected chi connectivity index (χ4v) is 3.18. The SMILES string of the molecule is COc1ccc2nc(C(C)Cl)n(CC3(C)CCCO3)c2c1. The molecule has 2 heterocycles. The van der Waals surface area contributed by atoms with Crippen LogP contribution in [-0.2, 0) is 11.3 Å². The van der Waals surface area contributed by atoms with Gasteiger partial charge in [0.25, 0.3) is 0 Å². The molecule has 2 aromatic rings. The minimum Gasteiger partial charge on any atom is -0.497 e. The fourth-order valence-electron chi connectivity index (χ4n) is 3.01. The maximum absolute atomic E-state index is 6.33. The molecule has 1 fully saturated rings. The Labute approximate surface area is 130 Å². The largest absolute Gasteiger partial charge is 0.497 e. The van der Waals surface area contributed by atoms with Crippen LogP contribution in [0.4, 0.5) is 0 Å². The number of ether oxygens (including phenoxy) is 2. The Morgan fingerprint density at radius 2 is 2.33 bits per heavy atom. The maximum atomic E-state index is 6.33. The zero-order valence-electron chi connectivity index (χ0n) is 12.7. The molecular formula is C16H21ClN2O2. The molecule has 0 radical (unpaired) electrons. The Bertz CT molecular complexity index is 645. The van der Waals surface area contributed by atoms with E-state index in [1.165, 1.54) is 0 Å². The Morgan fingerprint density at radius 3 is 2.95 bits per heavy atom. The quantitative estimate of drug-likeness (QED) is 0.803. The van der Waals surface area contributed by atoms with Gasteiger partial charge < -0.3 is 14.0 Å². The molecule has 0 spiro atoms. The summed E-state index contributed by atoms with van der Waals surface area (Å²) in [6.07, 6.45) is 2.17. The van der Waals surface area contributed by atoms with Gasteiger partial charge in [0.1, 0.15) is 11.6 Å². The van der Waals surface area contributed by atoms with Gasteiger partial charge >= 0.3 is 0 Å². The molecule has 0 bridgehead atoms. The number of rotatable bonds is 4. The second-order valence-electron chi connectivity index (χ2n) is 5.93. The lowest BCUT2D eigenvalue weighted by atomic mass is 10.0. The van der Waals surface area contributed by atoms with Gasteiger partial charge in [0.05, 0.1) is 35.7 Å². The predicted molar refractivity (Wildman–Crippen MR) is 84.1 cm³/mol. The van der Waals surface area contributed by atoms with Crippen molar-refractivity contribution in [2.75, 3.05) is 13.7 Å². The molecular weight excluding hydrogens is 288 g/mol. The zero-order valence-corrected chi connectivity index (χ0v) is 13.5. The normalized spacial score (nSPS) is 23.6. The number of halogens is 1. The van der Waals surface area contributed by atoms with Gasteiger partial charge in [-0.25, -0.2) is 4.98 Å². The predicted octanol–water partition coefficient (Wildman–Crippen LogP) is 3.91. The fraction of sp³-hybridized carbons (Fsp3) is 0.562. The molecule has 2 unspecified atom stereocenters. The number of hydrogen-bond acceptors (Lipinski definition) is 3. The van der Waals surface area contributed by atoms with Gasteiger partial charge in [0.15, 0.2) is 0 Å². The first-order valence-electron chi connectivity index (χ1n) is 7.35. The molecule has 114 valence electrons. The molecule has 1 aliphatic rings. The second kappa shape index (κ2) is 5.50. The highest BCUT2D eigenvalue weighted by Gasteiger charge is 2.32. The highest BCUT2D eigenvalue weighted by atomic mass is 35.5. The van der Waals surface area contributed by atoms with E-state index in [1.807, 2.05) is 25.1 Å². The van der Waals surface area contributed by atoms with Crippen molar-refractivity contribution in [2.45, 2.75) is 44.2 Å². The van der Waals surface area contributed by atoms with Crippen molar-refractivity contribution in [1.82, 2.24) is 9.55 Å². The summed E-state index contributed by atoms with van der Waals surface area (Å²) < 4.78 is 13.4. The number of imidazole rings is 1. The van der Waals surface area contributed by atoms with Gasteiger partial charge in [-0.15, -0.1) is 11.6 Å². The maximum Gasteiger partial charge on any atom is 0.127 e. The van der Waals surface area contributed by atoms with Crippen LogP contribution in [0.1, 0.15) is 37.9 Å². The van der Waals surface area contributed by atoms with Gasteiger partial charge in [-0.3, -0.25) is 0 Å². The first-order valence-corrected chi connectivity index (χ1v) is 7.78. The van der Waals surface area contributed by atoms with Crippen LogP contribution < -0.4 is 4.74 Å². The molecule has 3 rings (SSSR count). The molecule has 4 nitrogen and oxygen atoms in total. The molecule has 0 aliphatic carbocycles. The van der Waals surface area contributed by atoms with Crippen LogP contribution in [0.2, 0.25) is 0 Å². The lowest BCUT2D eigenvalue weighted by Crippen LogP contribution is -2.30. The van der Waals surface area contributed by atoms with Crippen LogP contribution in [0.3, 0.4) is 0 Å². The summed E-state index contributed by atoms with van der Waals surface area (Å²) in [4.78, 5) is 4.68. The van der Waals surface area contributed by atoms with Crippen molar-refractivity contribution in [3.8, 4) is 5.75 Å². The summed E-state index contributed by atoms with van der Waals surface area (Å²) >= 11 is 6.33. The van der Waals surface area contributed by atoms with Crippen molar-refractivity contribution >= 4 is 22.6 Å². The van der Waals surface area contributed by atoms with Crippen LogP contribution in [0.15, 0.2) is 18.2 Å². The third-order valence-corrected chi connectivity index (χ3v) is 4.33. The summed E-state index contributed by atoms with van der Waals surface area (Å²) in [5.41, 5.74) is 1.85. The first-order chi connectivity index (χ1) is 10.0. The van der Waals surface area contributed by atoms with E-state index in [9.17, 15) is 0 Å². The van der Waals surface area contributed by atoms with Crippen molar-refractivity contribution in [3.63, 3.8) is 0 Å². The average Bonchev–Trinajstić information content (AvgIpc) is 3.03. The molecule has 0 saturated carbocycles. The molecule has 1 aromatic carbocycles. The molecule has 0 amide bonds. The summed E-state index contributed by atoms with van der Waals surface area (Å²) in [7, 11) is 1.67. The summed E-state index contributed by atoms with van der Waals surface area (Å²) in [6.45, 7) is 5.71. The monoisotopic (exact) mass is 308 g/mol. The van der Waals surface area contributed by atoms with E-state index in [0.29, 0.717) is 0 Å². The minimum absolute atomic E-state index is 0.142. The lowest BCUT2D eigenvalue weighted by molar-refractivity contribution is 0.00649. The molecule has 2 atom stereocenters. The van der Waals surface area contributed by atoms with Crippen LogP contribution in [0, 0.1) is 0 Å². The number of nitrogens with zero attached hydrogens (tertiary/aromatic N) is 2. The highest BCUT2D eigenvalue weighted by molar-refractivity contribution is 6.20. The zero-order chi connectivity index (χ0) is 15.0. The first kappa shape index (κ1) is 14.7. The number of fused-ring (bicyclic) bond motifs is 1. The topological polar surface area (TPSA) is 36.3 Å². The van der Waals surface area contributed by atoms with Gasteiger partial charge in [-0.05, 0) is 38.8 Å². The standard InChI is InChI=1S/C16H21ClN2O2/c1-11(17)15-18-13-6-5-12(20-3)9-14(13)19(15)10-16(2)7-4-8-21-16/h5-6,9,11H,4,7-8,10H2,1-3H3. The number of methoxy groups -OCH3 is 1. The van der Waals surface area contributed by atoms with E-state index in [-0.39, 0.29) is 11.0 Å². The number of hydrogen-bond donors (Lipinski definition) is 0.